The first-order valence-corrected chi connectivity index (χ1v) is 6.04. The van der Waals surface area contributed by atoms with E-state index < -0.39 is 0 Å². The molecule has 0 bridgehead atoms. The van der Waals surface area contributed by atoms with Gasteiger partial charge < -0.3 is 9.36 Å². The molecule has 2 atom stereocenters. The Balaban J connectivity index is 1.89. The number of aromatic nitrogens is 1. The number of hydrogen-bond donors (Lipinski definition) is 0. The molecule has 0 saturated heterocycles. The number of aryl methyl sites for hydroxylation is 1. The Morgan fingerprint density at radius 3 is 3.38 bits per heavy atom. The van der Waals surface area contributed by atoms with Crippen molar-refractivity contribution >= 4 is 5.71 Å². The van der Waals surface area contributed by atoms with Gasteiger partial charge in [-0.3, -0.25) is 0 Å². The highest BCUT2D eigenvalue weighted by Crippen LogP contribution is 2.50. The highest BCUT2D eigenvalue weighted by Gasteiger charge is 2.53. The summed E-state index contributed by atoms with van der Waals surface area (Å²) in [7, 11) is 0. The van der Waals surface area contributed by atoms with Crippen LogP contribution in [0.25, 0.3) is 0 Å². The molecule has 2 heterocycles. The molecule has 2 aliphatic carbocycles. The van der Waals surface area contributed by atoms with Gasteiger partial charge in [-0.05, 0) is 32.1 Å². The molecule has 16 heavy (non-hydrogen) atoms. The molecule has 1 aromatic rings. The fourth-order valence-electron chi connectivity index (χ4n) is 3.62. The third-order valence-electron chi connectivity index (χ3n) is 4.38. The first-order chi connectivity index (χ1) is 7.90. The highest BCUT2D eigenvalue weighted by atomic mass is 16.6. The number of hydrogen-bond acceptors (Lipinski definition) is 4. The number of fused-ring (bicyclic) bond motifs is 4. The van der Waals surface area contributed by atoms with Gasteiger partial charge in [0.25, 0.3) is 0 Å². The van der Waals surface area contributed by atoms with Crippen LogP contribution >= 0.6 is 0 Å². The maximum absolute atomic E-state index is 5.26. The smallest absolute Gasteiger partial charge is 0.127 e. The van der Waals surface area contributed by atoms with E-state index >= 15 is 0 Å². The first-order valence-electron chi connectivity index (χ1n) is 6.04. The summed E-state index contributed by atoms with van der Waals surface area (Å²) in [5, 5.41) is 8.53. The Bertz CT molecular complexity index is 465. The molecule has 0 N–H and O–H groups in total. The largest absolute Gasteiger partial charge is 0.395 e. The molecule has 3 aliphatic rings. The van der Waals surface area contributed by atoms with Crippen molar-refractivity contribution in [2.45, 2.75) is 37.5 Å². The van der Waals surface area contributed by atoms with Crippen molar-refractivity contribution in [1.29, 1.82) is 0 Å². The van der Waals surface area contributed by atoms with Gasteiger partial charge in [0, 0.05) is 11.5 Å². The van der Waals surface area contributed by atoms with E-state index in [1.54, 1.807) is 6.26 Å². The van der Waals surface area contributed by atoms with Crippen molar-refractivity contribution in [3.05, 3.63) is 17.5 Å². The van der Waals surface area contributed by atoms with Gasteiger partial charge in [-0.2, -0.15) is 0 Å². The summed E-state index contributed by atoms with van der Waals surface area (Å²) < 4.78 is 5.16. The number of nitrogens with zero attached hydrogens (tertiary/aromatic N) is 2. The minimum Gasteiger partial charge on any atom is -0.395 e. The molecule has 0 unspecified atom stereocenters. The van der Waals surface area contributed by atoms with Gasteiger partial charge in [-0.15, -0.1) is 0 Å². The molecule has 1 aromatic heterocycles. The van der Waals surface area contributed by atoms with E-state index in [1.807, 2.05) is 0 Å². The van der Waals surface area contributed by atoms with E-state index in [1.165, 1.54) is 30.5 Å². The zero-order valence-corrected chi connectivity index (χ0v) is 9.11. The Morgan fingerprint density at radius 1 is 1.38 bits per heavy atom. The lowest BCUT2D eigenvalue weighted by Crippen LogP contribution is -2.36. The molecule has 1 aliphatic heterocycles. The van der Waals surface area contributed by atoms with Crippen molar-refractivity contribution in [2.75, 3.05) is 6.61 Å². The summed E-state index contributed by atoms with van der Waals surface area (Å²) in [4.78, 5) is 5.26. The van der Waals surface area contributed by atoms with Crippen molar-refractivity contribution in [3.63, 3.8) is 0 Å². The molecule has 0 radical (unpaired) electrons. The summed E-state index contributed by atoms with van der Waals surface area (Å²) >= 11 is 0. The zero-order valence-electron chi connectivity index (χ0n) is 9.11. The fourth-order valence-corrected chi connectivity index (χ4v) is 3.62. The Morgan fingerprint density at radius 2 is 2.38 bits per heavy atom. The van der Waals surface area contributed by atoms with Crippen LogP contribution in [0.5, 0.6) is 0 Å². The van der Waals surface area contributed by atoms with E-state index in [-0.39, 0.29) is 5.41 Å². The molecular formula is C12H14N2O2. The average molecular weight is 218 g/mol. The van der Waals surface area contributed by atoms with Crippen molar-refractivity contribution in [2.24, 2.45) is 11.1 Å². The van der Waals surface area contributed by atoms with Crippen LogP contribution in [0.3, 0.4) is 0 Å². The topological polar surface area (TPSA) is 47.6 Å². The normalized spacial score (nSPS) is 35.8. The lowest BCUT2D eigenvalue weighted by atomic mass is 9.71. The molecular weight excluding hydrogens is 204 g/mol. The highest BCUT2D eigenvalue weighted by molar-refractivity contribution is 5.99. The van der Waals surface area contributed by atoms with Crippen molar-refractivity contribution in [1.82, 2.24) is 5.16 Å². The lowest BCUT2D eigenvalue weighted by molar-refractivity contribution is 0.149. The Hall–Kier alpha value is -1.32. The second kappa shape index (κ2) is 2.87. The van der Waals surface area contributed by atoms with E-state index in [0.29, 0.717) is 5.92 Å². The van der Waals surface area contributed by atoms with E-state index in [4.69, 9.17) is 9.36 Å². The fraction of sp³-hybridized carbons (Fsp3) is 0.667. The van der Waals surface area contributed by atoms with E-state index in [9.17, 15) is 0 Å². The molecule has 0 amide bonds. The summed E-state index contributed by atoms with van der Waals surface area (Å²) in [6, 6.07) is 0. The van der Waals surface area contributed by atoms with Gasteiger partial charge >= 0.3 is 0 Å². The Kier molecular flexibility index (Phi) is 1.58. The van der Waals surface area contributed by atoms with Crippen LogP contribution in [0.2, 0.25) is 0 Å². The molecule has 1 saturated carbocycles. The van der Waals surface area contributed by atoms with Gasteiger partial charge in [0.05, 0.1) is 16.8 Å². The minimum atomic E-state index is 0.0573. The zero-order chi connectivity index (χ0) is 10.6. The van der Waals surface area contributed by atoms with Crippen molar-refractivity contribution in [3.8, 4) is 0 Å². The SMILES string of the molecule is c1onc2c1CCC[C@]21CC[C@H]2CON=C21. The van der Waals surface area contributed by atoms with Gasteiger partial charge in [0.15, 0.2) is 0 Å². The third kappa shape index (κ3) is 0.907. The average Bonchev–Trinajstić information content (AvgIpc) is 2.97. The van der Waals surface area contributed by atoms with Gasteiger partial charge in [0.1, 0.15) is 12.9 Å². The maximum Gasteiger partial charge on any atom is 0.127 e. The summed E-state index contributed by atoms with van der Waals surface area (Å²) in [5.74, 6) is 0.530. The minimum absolute atomic E-state index is 0.0573. The third-order valence-corrected chi connectivity index (χ3v) is 4.38. The van der Waals surface area contributed by atoms with Crippen LogP contribution in [0, 0.1) is 5.92 Å². The van der Waals surface area contributed by atoms with Gasteiger partial charge in [-0.1, -0.05) is 10.3 Å². The van der Waals surface area contributed by atoms with Crippen LogP contribution in [0.1, 0.15) is 36.9 Å². The quantitative estimate of drug-likeness (QED) is 0.669. The van der Waals surface area contributed by atoms with Crippen LogP contribution < -0.4 is 0 Å². The van der Waals surface area contributed by atoms with Gasteiger partial charge in [-0.25, -0.2) is 0 Å². The summed E-state index contributed by atoms with van der Waals surface area (Å²) in [5.41, 5.74) is 3.72. The molecule has 4 heteroatoms. The van der Waals surface area contributed by atoms with Crippen LogP contribution in [-0.4, -0.2) is 17.5 Å². The first kappa shape index (κ1) is 8.79. The predicted molar refractivity (Wildman–Crippen MR) is 57.2 cm³/mol. The number of rotatable bonds is 0. The molecule has 4 rings (SSSR count). The predicted octanol–water partition coefficient (Wildman–Crippen LogP) is 2.04. The summed E-state index contributed by atoms with van der Waals surface area (Å²) in [6.07, 6.45) is 7.62. The summed E-state index contributed by atoms with van der Waals surface area (Å²) in [6.45, 7) is 0.768. The second-order valence-electron chi connectivity index (χ2n) is 5.13. The standard InChI is InChI=1S/C12H14N2O2/c1-2-8-6-15-13-10(8)12(4-1)5-3-9-7-16-14-11(9)12/h6,9H,1-5,7H2/t9-,12-/m0/s1. The van der Waals surface area contributed by atoms with Crippen molar-refractivity contribution < 1.29 is 9.36 Å². The second-order valence-corrected chi connectivity index (χ2v) is 5.13. The number of oxime groups is 1. The monoisotopic (exact) mass is 218 g/mol. The molecule has 1 spiro atoms. The maximum atomic E-state index is 5.26. The lowest BCUT2D eigenvalue weighted by Gasteiger charge is -2.31. The molecule has 84 valence electrons. The van der Waals surface area contributed by atoms with Crippen LogP contribution in [-0.2, 0) is 16.7 Å². The molecule has 0 aromatic carbocycles. The van der Waals surface area contributed by atoms with E-state index in [2.05, 4.69) is 10.3 Å². The van der Waals surface area contributed by atoms with Gasteiger partial charge in [0.2, 0.25) is 0 Å². The van der Waals surface area contributed by atoms with Crippen LogP contribution in [0.4, 0.5) is 0 Å². The molecule has 4 nitrogen and oxygen atoms in total. The Labute approximate surface area is 93.6 Å². The van der Waals surface area contributed by atoms with Crippen LogP contribution in [0.15, 0.2) is 15.9 Å². The van der Waals surface area contributed by atoms with E-state index in [0.717, 1.165) is 25.1 Å². The molecule has 1 fully saturated rings.